The van der Waals surface area contributed by atoms with E-state index in [1.54, 1.807) is 0 Å². The molecular formula is C7H4F3NO2. The van der Waals surface area contributed by atoms with E-state index >= 15 is 0 Å². The summed E-state index contributed by atoms with van der Waals surface area (Å²) in [5.74, 6) is -7.78. The van der Waals surface area contributed by atoms with Gasteiger partial charge in [0.15, 0.2) is 17.4 Å². The van der Waals surface area contributed by atoms with Gasteiger partial charge in [-0.3, -0.25) is 4.79 Å². The average molecular weight is 191 g/mol. The number of hydrogen-bond acceptors (Lipinski definition) is 2. The van der Waals surface area contributed by atoms with Crippen LogP contribution in [0.3, 0.4) is 0 Å². The molecule has 1 aromatic rings. The second kappa shape index (κ2) is 2.96. The first-order valence-corrected chi connectivity index (χ1v) is 3.11. The lowest BCUT2D eigenvalue weighted by Gasteiger charge is -2.02. The van der Waals surface area contributed by atoms with Crippen LogP contribution in [0.5, 0.6) is 5.75 Å². The van der Waals surface area contributed by atoms with Gasteiger partial charge in [0.05, 0.1) is 5.56 Å². The molecule has 0 saturated heterocycles. The maximum absolute atomic E-state index is 12.5. The van der Waals surface area contributed by atoms with Crippen LogP contribution in [0.1, 0.15) is 10.4 Å². The Kier molecular flexibility index (Phi) is 2.14. The second-order valence-corrected chi connectivity index (χ2v) is 2.25. The first-order valence-electron chi connectivity index (χ1n) is 3.11. The highest BCUT2D eigenvalue weighted by Crippen LogP contribution is 2.25. The standard InChI is InChI=1S/C7H4F3NO2/c8-3-1-2(7(11)13)6(12)5(10)4(3)9/h1,12H,(H2,11,13). The molecule has 13 heavy (non-hydrogen) atoms. The number of amides is 1. The van der Waals surface area contributed by atoms with Gasteiger partial charge in [-0.15, -0.1) is 0 Å². The van der Waals surface area contributed by atoms with Crippen molar-refractivity contribution in [3.8, 4) is 5.75 Å². The van der Waals surface area contributed by atoms with E-state index in [1.807, 2.05) is 0 Å². The lowest BCUT2D eigenvalue weighted by molar-refractivity contribution is 0.0996. The summed E-state index contributed by atoms with van der Waals surface area (Å²) in [5, 5.41) is 8.79. The molecule has 0 radical (unpaired) electrons. The van der Waals surface area contributed by atoms with Gasteiger partial charge in [0.25, 0.3) is 5.91 Å². The van der Waals surface area contributed by atoms with Crippen molar-refractivity contribution in [1.82, 2.24) is 0 Å². The topological polar surface area (TPSA) is 63.3 Å². The van der Waals surface area contributed by atoms with E-state index in [4.69, 9.17) is 5.11 Å². The molecule has 0 fully saturated rings. The first-order chi connectivity index (χ1) is 5.95. The van der Waals surface area contributed by atoms with Crippen LogP contribution in [0, 0.1) is 17.5 Å². The highest BCUT2D eigenvalue weighted by molar-refractivity contribution is 5.95. The zero-order chi connectivity index (χ0) is 10.2. The summed E-state index contributed by atoms with van der Waals surface area (Å²) >= 11 is 0. The molecule has 3 nitrogen and oxygen atoms in total. The third-order valence-corrected chi connectivity index (χ3v) is 1.40. The number of benzene rings is 1. The van der Waals surface area contributed by atoms with Crippen LogP contribution in [0.2, 0.25) is 0 Å². The molecular weight excluding hydrogens is 187 g/mol. The fraction of sp³-hybridized carbons (Fsp3) is 0. The summed E-state index contributed by atoms with van der Waals surface area (Å²) in [6.07, 6.45) is 0. The maximum Gasteiger partial charge on any atom is 0.252 e. The van der Waals surface area contributed by atoms with Crippen molar-refractivity contribution in [1.29, 1.82) is 0 Å². The van der Waals surface area contributed by atoms with Crippen molar-refractivity contribution in [2.45, 2.75) is 0 Å². The van der Waals surface area contributed by atoms with Crippen molar-refractivity contribution in [2.24, 2.45) is 5.73 Å². The Morgan fingerprint density at radius 1 is 1.31 bits per heavy atom. The Balaban J connectivity index is 3.50. The molecule has 0 aliphatic heterocycles. The highest BCUT2D eigenvalue weighted by atomic mass is 19.2. The highest BCUT2D eigenvalue weighted by Gasteiger charge is 2.20. The molecule has 0 bridgehead atoms. The molecule has 0 heterocycles. The Hall–Kier alpha value is -1.72. The van der Waals surface area contributed by atoms with Gasteiger partial charge in [0.1, 0.15) is 0 Å². The molecule has 1 aromatic carbocycles. The number of hydrogen-bond donors (Lipinski definition) is 2. The molecule has 0 spiro atoms. The van der Waals surface area contributed by atoms with Crippen molar-refractivity contribution < 1.29 is 23.1 Å². The van der Waals surface area contributed by atoms with E-state index in [0.29, 0.717) is 6.07 Å². The van der Waals surface area contributed by atoms with Crippen molar-refractivity contribution in [3.63, 3.8) is 0 Å². The predicted molar refractivity (Wildman–Crippen MR) is 36.5 cm³/mol. The normalized spacial score (nSPS) is 10.1. The zero-order valence-corrected chi connectivity index (χ0v) is 6.14. The molecule has 1 rings (SSSR count). The molecule has 0 aliphatic rings. The number of rotatable bonds is 1. The van der Waals surface area contributed by atoms with Gasteiger partial charge in [-0.25, -0.2) is 8.78 Å². The van der Waals surface area contributed by atoms with Crippen molar-refractivity contribution in [3.05, 3.63) is 29.1 Å². The molecule has 70 valence electrons. The van der Waals surface area contributed by atoms with Gasteiger partial charge in [-0.2, -0.15) is 4.39 Å². The third kappa shape index (κ3) is 1.42. The molecule has 0 unspecified atom stereocenters. The molecule has 0 atom stereocenters. The molecule has 6 heteroatoms. The largest absolute Gasteiger partial charge is 0.504 e. The second-order valence-electron chi connectivity index (χ2n) is 2.25. The number of nitrogens with two attached hydrogens (primary N) is 1. The van der Waals surface area contributed by atoms with E-state index in [9.17, 15) is 18.0 Å². The maximum atomic E-state index is 12.5. The van der Waals surface area contributed by atoms with Crippen LogP contribution in [-0.2, 0) is 0 Å². The minimum atomic E-state index is -1.84. The summed E-state index contributed by atoms with van der Waals surface area (Å²) in [4.78, 5) is 10.4. The third-order valence-electron chi connectivity index (χ3n) is 1.40. The quantitative estimate of drug-likeness (QED) is 0.648. The van der Waals surface area contributed by atoms with Gasteiger partial charge < -0.3 is 10.8 Å². The molecule has 0 saturated carbocycles. The van der Waals surface area contributed by atoms with E-state index in [0.717, 1.165) is 0 Å². The van der Waals surface area contributed by atoms with E-state index in [2.05, 4.69) is 5.73 Å². The number of phenols is 1. The summed E-state index contributed by atoms with van der Waals surface area (Å²) in [6, 6.07) is 0.329. The Bertz CT molecular complexity index is 378. The fourth-order valence-corrected chi connectivity index (χ4v) is 0.773. The average Bonchev–Trinajstić information content (AvgIpc) is 2.07. The van der Waals surface area contributed by atoms with Crippen LogP contribution < -0.4 is 5.73 Å². The minimum absolute atomic E-state index is 0.329. The number of carbonyl (C=O) groups is 1. The SMILES string of the molecule is NC(=O)c1cc(F)c(F)c(F)c1O. The van der Waals surface area contributed by atoms with Crippen molar-refractivity contribution in [2.75, 3.05) is 0 Å². The van der Waals surface area contributed by atoms with Gasteiger partial charge in [-0.1, -0.05) is 0 Å². The molecule has 3 N–H and O–H groups in total. The lowest BCUT2D eigenvalue weighted by Crippen LogP contribution is -2.13. The summed E-state index contributed by atoms with van der Waals surface area (Å²) in [5.41, 5.74) is 3.85. The van der Waals surface area contributed by atoms with Crippen LogP contribution >= 0.6 is 0 Å². The molecule has 0 aromatic heterocycles. The number of halogens is 3. The van der Waals surface area contributed by atoms with Gasteiger partial charge in [0.2, 0.25) is 5.82 Å². The lowest BCUT2D eigenvalue weighted by atomic mass is 10.1. The molecule has 0 aliphatic carbocycles. The van der Waals surface area contributed by atoms with Gasteiger partial charge in [0, 0.05) is 0 Å². The van der Waals surface area contributed by atoms with Gasteiger partial charge in [-0.05, 0) is 6.07 Å². The Labute approximate surface area is 70.6 Å². The minimum Gasteiger partial charge on any atom is -0.504 e. The van der Waals surface area contributed by atoms with E-state index in [1.165, 1.54) is 0 Å². The Morgan fingerprint density at radius 3 is 2.31 bits per heavy atom. The van der Waals surface area contributed by atoms with Crippen molar-refractivity contribution >= 4 is 5.91 Å². The van der Waals surface area contributed by atoms with Crippen LogP contribution in [0.15, 0.2) is 6.07 Å². The monoisotopic (exact) mass is 191 g/mol. The number of primary amides is 1. The van der Waals surface area contributed by atoms with Gasteiger partial charge >= 0.3 is 0 Å². The van der Waals surface area contributed by atoms with E-state index < -0.39 is 34.7 Å². The fourth-order valence-electron chi connectivity index (χ4n) is 0.773. The van der Waals surface area contributed by atoms with Crippen LogP contribution in [0.4, 0.5) is 13.2 Å². The summed E-state index contributed by atoms with van der Waals surface area (Å²) in [7, 11) is 0. The summed E-state index contributed by atoms with van der Waals surface area (Å²) in [6.45, 7) is 0. The smallest absolute Gasteiger partial charge is 0.252 e. The summed E-state index contributed by atoms with van der Waals surface area (Å²) < 4.78 is 37.4. The first kappa shape index (κ1) is 9.37. The Morgan fingerprint density at radius 2 is 1.85 bits per heavy atom. The predicted octanol–water partition coefficient (Wildman–Crippen LogP) is 0.908. The number of aromatic hydroxyl groups is 1. The number of carbonyl (C=O) groups excluding carboxylic acids is 1. The molecule has 1 amide bonds. The zero-order valence-electron chi connectivity index (χ0n) is 6.14. The van der Waals surface area contributed by atoms with E-state index in [-0.39, 0.29) is 0 Å². The van der Waals surface area contributed by atoms with Crippen LogP contribution in [-0.4, -0.2) is 11.0 Å². The van der Waals surface area contributed by atoms with Crippen LogP contribution in [0.25, 0.3) is 0 Å².